The minimum absolute atomic E-state index is 0.0371. The van der Waals surface area contributed by atoms with Crippen LogP contribution in [-0.2, 0) is 21.1 Å². The van der Waals surface area contributed by atoms with Gasteiger partial charge in [0.15, 0.2) is 15.6 Å². The molecule has 3 aromatic rings. The van der Waals surface area contributed by atoms with Gasteiger partial charge in [0.25, 0.3) is 0 Å². The highest BCUT2D eigenvalue weighted by Gasteiger charge is 2.17. The van der Waals surface area contributed by atoms with Crippen LogP contribution in [-0.4, -0.2) is 27.7 Å². The second kappa shape index (κ2) is 10.7. The molecule has 3 rings (SSSR count). The number of sulfone groups is 1. The number of hydrogen-bond donors (Lipinski definition) is 1. The number of anilines is 1. The second-order valence-corrected chi connectivity index (χ2v) is 10.8. The van der Waals surface area contributed by atoms with Crippen LogP contribution >= 0.6 is 23.2 Å². The largest absolute Gasteiger partial charge is 0.496 e. The number of hydrogen-bond acceptors (Lipinski definition) is 5. The minimum atomic E-state index is -3.30. The molecule has 34 heavy (non-hydrogen) atoms. The Hall–Kier alpha value is -2.74. The highest BCUT2D eigenvalue weighted by Crippen LogP contribution is 2.42. The molecule has 0 fully saturated rings. The number of rotatable bonds is 8. The van der Waals surface area contributed by atoms with Gasteiger partial charge in [-0.15, -0.1) is 0 Å². The quantitative estimate of drug-likeness (QED) is 0.365. The van der Waals surface area contributed by atoms with E-state index in [-0.39, 0.29) is 33.9 Å². The number of benzene rings is 3. The number of amides is 1. The fourth-order valence-electron chi connectivity index (χ4n) is 3.30. The molecular formula is C25H25Cl2NO5S. The monoisotopic (exact) mass is 521 g/mol. The van der Waals surface area contributed by atoms with Crippen LogP contribution in [0.4, 0.5) is 5.69 Å². The predicted octanol–water partition coefficient (Wildman–Crippen LogP) is 6.50. The van der Waals surface area contributed by atoms with Crippen LogP contribution in [0.15, 0.2) is 59.5 Å². The van der Waals surface area contributed by atoms with Crippen LogP contribution in [0, 0.1) is 0 Å². The summed E-state index contributed by atoms with van der Waals surface area (Å²) in [7, 11) is -1.69. The first-order valence-corrected chi connectivity index (χ1v) is 13.1. The highest BCUT2D eigenvalue weighted by atomic mass is 35.5. The average Bonchev–Trinajstić information content (AvgIpc) is 2.78. The molecule has 0 saturated heterocycles. The van der Waals surface area contributed by atoms with Crippen LogP contribution < -0.4 is 14.8 Å². The Bertz CT molecular complexity index is 1310. The fraction of sp³-hybridized carbons (Fsp3) is 0.240. The van der Waals surface area contributed by atoms with Crippen LogP contribution in [0.5, 0.6) is 17.2 Å². The van der Waals surface area contributed by atoms with Crippen molar-refractivity contribution >= 4 is 44.6 Å². The van der Waals surface area contributed by atoms with E-state index in [4.69, 9.17) is 32.7 Å². The summed E-state index contributed by atoms with van der Waals surface area (Å²) in [6.45, 7) is 4.10. The molecule has 0 aliphatic rings. The third-order valence-corrected chi connectivity index (χ3v) is 6.88. The van der Waals surface area contributed by atoms with Gasteiger partial charge in [-0.1, -0.05) is 49.2 Å². The maximum Gasteiger partial charge on any atom is 0.228 e. The smallest absolute Gasteiger partial charge is 0.228 e. The summed E-state index contributed by atoms with van der Waals surface area (Å²) in [5, 5.41) is 3.21. The van der Waals surface area contributed by atoms with Crippen LogP contribution in [0.1, 0.15) is 30.9 Å². The van der Waals surface area contributed by atoms with E-state index in [1.54, 1.807) is 37.4 Å². The Morgan fingerprint density at radius 2 is 1.71 bits per heavy atom. The summed E-state index contributed by atoms with van der Waals surface area (Å²) in [5.74, 6) is 1.39. The van der Waals surface area contributed by atoms with Gasteiger partial charge in [0.05, 0.1) is 29.1 Å². The minimum Gasteiger partial charge on any atom is -0.496 e. The Balaban J connectivity index is 1.79. The molecule has 0 spiro atoms. The Morgan fingerprint density at radius 3 is 2.29 bits per heavy atom. The number of nitrogens with one attached hydrogen (secondary N) is 1. The van der Waals surface area contributed by atoms with Gasteiger partial charge in [-0.05, 0) is 53.9 Å². The molecule has 0 atom stereocenters. The number of carbonyl (C=O) groups excluding carboxylic acids is 1. The highest BCUT2D eigenvalue weighted by molar-refractivity contribution is 7.90. The van der Waals surface area contributed by atoms with Crippen molar-refractivity contribution in [3.63, 3.8) is 0 Å². The van der Waals surface area contributed by atoms with Crippen molar-refractivity contribution in [2.75, 3.05) is 18.7 Å². The van der Waals surface area contributed by atoms with Gasteiger partial charge < -0.3 is 14.8 Å². The number of ether oxygens (including phenoxy) is 2. The predicted molar refractivity (Wildman–Crippen MR) is 136 cm³/mol. The average molecular weight is 522 g/mol. The van der Waals surface area contributed by atoms with E-state index >= 15 is 0 Å². The van der Waals surface area contributed by atoms with Gasteiger partial charge in [0.1, 0.15) is 16.5 Å². The van der Waals surface area contributed by atoms with E-state index in [0.717, 1.165) is 17.6 Å². The first-order valence-electron chi connectivity index (χ1n) is 10.4. The van der Waals surface area contributed by atoms with Crippen LogP contribution in [0.3, 0.4) is 0 Å². The molecule has 0 unspecified atom stereocenters. The zero-order valence-electron chi connectivity index (χ0n) is 19.2. The van der Waals surface area contributed by atoms with Crippen molar-refractivity contribution in [3.8, 4) is 17.2 Å². The summed E-state index contributed by atoms with van der Waals surface area (Å²) >= 11 is 12.9. The number of carbonyl (C=O) groups is 1. The third kappa shape index (κ3) is 6.23. The normalized spacial score (nSPS) is 11.4. The fourth-order valence-corrected chi connectivity index (χ4v) is 4.43. The van der Waals surface area contributed by atoms with E-state index in [1.165, 1.54) is 12.1 Å². The number of methoxy groups -OCH3 is 1. The van der Waals surface area contributed by atoms with Crippen LogP contribution in [0.2, 0.25) is 10.0 Å². The van der Waals surface area contributed by atoms with E-state index in [0.29, 0.717) is 22.0 Å². The lowest BCUT2D eigenvalue weighted by molar-refractivity contribution is -0.115. The van der Waals surface area contributed by atoms with Gasteiger partial charge in [-0.25, -0.2) is 8.42 Å². The van der Waals surface area contributed by atoms with Crippen molar-refractivity contribution < 1.29 is 22.7 Å². The molecule has 1 N–H and O–H groups in total. The summed E-state index contributed by atoms with van der Waals surface area (Å²) in [6.07, 6.45) is 1.17. The zero-order valence-corrected chi connectivity index (χ0v) is 21.5. The molecular weight excluding hydrogens is 497 g/mol. The van der Waals surface area contributed by atoms with E-state index < -0.39 is 9.84 Å². The van der Waals surface area contributed by atoms with Gasteiger partial charge in [-0.2, -0.15) is 0 Å². The number of halogens is 2. The Kier molecular flexibility index (Phi) is 8.13. The molecule has 9 heteroatoms. The molecule has 0 aliphatic carbocycles. The molecule has 0 aliphatic heterocycles. The summed E-state index contributed by atoms with van der Waals surface area (Å²) in [6, 6.07) is 14.8. The first kappa shape index (κ1) is 25.9. The van der Waals surface area contributed by atoms with Crippen LogP contribution in [0.25, 0.3) is 0 Å². The SMILES string of the molecule is COc1ccc(Oc2c(Cl)ccc(NC(=O)Cc3ccc(S(C)(=O)=O)cc3)c2Cl)cc1C(C)C. The lowest BCUT2D eigenvalue weighted by atomic mass is 10.0. The van der Waals surface area contributed by atoms with Gasteiger partial charge in [0.2, 0.25) is 5.91 Å². The topological polar surface area (TPSA) is 81.7 Å². The maximum absolute atomic E-state index is 12.6. The molecule has 1 amide bonds. The summed E-state index contributed by atoms with van der Waals surface area (Å²) in [4.78, 5) is 12.8. The van der Waals surface area contributed by atoms with Gasteiger partial charge in [-0.3, -0.25) is 4.79 Å². The third-order valence-electron chi connectivity index (χ3n) is 5.08. The maximum atomic E-state index is 12.6. The molecule has 180 valence electrons. The van der Waals surface area contributed by atoms with Crippen molar-refractivity contribution in [1.29, 1.82) is 0 Å². The summed E-state index contributed by atoms with van der Waals surface area (Å²) in [5.41, 5.74) is 1.97. The van der Waals surface area contributed by atoms with E-state index in [9.17, 15) is 13.2 Å². The first-order chi connectivity index (χ1) is 16.0. The van der Waals surface area contributed by atoms with Crippen molar-refractivity contribution in [1.82, 2.24) is 0 Å². The molecule has 6 nitrogen and oxygen atoms in total. The van der Waals surface area contributed by atoms with Gasteiger partial charge in [0, 0.05) is 11.8 Å². The zero-order chi connectivity index (χ0) is 25.0. The lowest BCUT2D eigenvalue weighted by Gasteiger charge is -2.16. The molecule has 0 heterocycles. The molecule has 0 radical (unpaired) electrons. The summed E-state index contributed by atoms with van der Waals surface area (Å²) < 4.78 is 34.6. The van der Waals surface area contributed by atoms with Crippen molar-refractivity contribution in [2.45, 2.75) is 31.1 Å². The van der Waals surface area contributed by atoms with Gasteiger partial charge >= 0.3 is 0 Å². The molecule has 0 bridgehead atoms. The second-order valence-electron chi connectivity index (χ2n) is 8.04. The van der Waals surface area contributed by atoms with Crippen molar-refractivity contribution in [2.24, 2.45) is 0 Å². The van der Waals surface area contributed by atoms with E-state index in [2.05, 4.69) is 5.32 Å². The van der Waals surface area contributed by atoms with E-state index in [1.807, 2.05) is 26.0 Å². The molecule has 0 aromatic heterocycles. The van der Waals surface area contributed by atoms with Crippen molar-refractivity contribution in [3.05, 3.63) is 75.8 Å². The lowest BCUT2D eigenvalue weighted by Crippen LogP contribution is -2.15. The molecule has 0 saturated carbocycles. The Labute approximate surface area is 209 Å². The Morgan fingerprint density at radius 1 is 1.03 bits per heavy atom. The standard InChI is InChI=1S/C25H25Cl2NO5S/c1-15(2)19-14-17(7-12-22(19)32-3)33-25-20(26)10-11-21(24(25)27)28-23(29)13-16-5-8-18(9-6-16)34(4,30)31/h5-12,14-15H,13H2,1-4H3,(H,28,29). The molecule has 3 aromatic carbocycles.